The Morgan fingerprint density at radius 2 is 1.47 bits per heavy atom. The summed E-state index contributed by atoms with van der Waals surface area (Å²) in [6.45, 7) is 4.05. The van der Waals surface area contributed by atoms with Crippen molar-refractivity contribution in [2.45, 2.75) is 56.2 Å². The molecule has 264 valence electrons. The molecule has 0 saturated carbocycles. The fraction of sp³-hybridized carbons (Fsp3) is 0.500. The van der Waals surface area contributed by atoms with Gasteiger partial charge in [0.15, 0.2) is 0 Å². The maximum atomic E-state index is 10.6. The van der Waals surface area contributed by atoms with Crippen molar-refractivity contribution >= 4 is 17.9 Å². The van der Waals surface area contributed by atoms with E-state index in [1.54, 1.807) is 19.5 Å². The maximum Gasteiger partial charge on any atom is 0.490 e. The summed E-state index contributed by atoms with van der Waals surface area (Å²) in [7, 11) is 1.67. The number of nitrogens with zero attached hydrogens (tertiary/aromatic N) is 3. The summed E-state index contributed by atoms with van der Waals surface area (Å²) < 4.78 is 113. The van der Waals surface area contributed by atoms with Gasteiger partial charge in [-0.3, -0.25) is 9.88 Å². The first-order valence-electron chi connectivity index (χ1n) is 12.8. The molecule has 4 rings (SSSR count). The van der Waals surface area contributed by atoms with Crippen molar-refractivity contribution in [2.75, 3.05) is 26.8 Å². The average molecular weight is 698 g/mol. The molecule has 0 bridgehead atoms. The minimum atomic E-state index is -5.08. The third kappa shape index (κ3) is 15.3. The molecular formula is C26H28F9N3O9. The Labute approximate surface area is 259 Å². The van der Waals surface area contributed by atoms with Crippen LogP contribution in [-0.4, -0.2) is 105 Å². The summed E-state index contributed by atoms with van der Waals surface area (Å²) in [4.78, 5) is 37.5. The normalized spacial score (nSPS) is 19.3. The van der Waals surface area contributed by atoms with Crippen LogP contribution in [0, 0.1) is 0 Å². The number of carboxylic acid groups (broad SMARTS) is 3. The van der Waals surface area contributed by atoms with E-state index in [2.05, 4.69) is 20.9 Å². The van der Waals surface area contributed by atoms with Gasteiger partial charge in [-0.25, -0.2) is 19.4 Å². The highest BCUT2D eigenvalue weighted by molar-refractivity contribution is 5.73. The molecule has 4 heterocycles. The van der Waals surface area contributed by atoms with Crippen molar-refractivity contribution in [3.8, 4) is 5.88 Å². The van der Waals surface area contributed by atoms with Crippen LogP contribution in [0.3, 0.4) is 0 Å². The molecule has 0 unspecified atom stereocenters. The topological polar surface area (TPSA) is 169 Å². The van der Waals surface area contributed by atoms with Gasteiger partial charge in [0, 0.05) is 50.2 Å². The molecule has 0 amide bonds. The molecule has 2 saturated heterocycles. The molecule has 2 aliphatic heterocycles. The molecule has 2 aromatic rings. The summed E-state index contributed by atoms with van der Waals surface area (Å²) in [5.74, 6) is -7.56. The molecule has 2 fully saturated rings. The van der Waals surface area contributed by atoms with Crippen molar-refractivity contribution < 1.29 is 83.4 Å². The van der Waals surface area contributed by atoms with Crippen molar-refractivity contribution in [3.05, 3.63) is 54.0 Å². The largest absolute Gasteiger partial charge is 0.490 e. The number of aliphatic carboxylic acids is 3. The number of ether oxygens (including phenoxy) is 3. The Hall–Kier alpha value is -4.24. The first-order chi connectivity index (χ1) is 21.6. The number of carbonyl (C=O) groups is 3. The van der Waals surface area contributed by atoms with Crippen molar-refractivity contribution in [2.24, 2.45) is 0 Å². The minimum absolute atomic E-state index is 0.0744. The number of aromatic nitrogens is 2. The van der Waals surface area contributed by atoms with Gasteiger partial charge in [0.05, 0.1) is 32.0 Å². The van der Waals surface area contributed by atoms with Gasteiger partial charge in [0.25, 0.3) is 0 Å². The van der Waals surface area contributed by atoms with E-state index in [1.165, 1.54) is 0 Å². The van der Waals surface area contributed by atoms with Gasteiger partial charge < -0.3 is 29.5 Å². The minimum Gasteiger partial charge on any atom is -0.481 e. The number of carboxylic acids is 3. The molecule has 3 N–H and O–H groups in total. The number of methoxy groups -OCH3 is 1. The van der Waals surface area contributed by atoms with Crippen LogP contribution in [0.5, 0.6) is 5.88 Å². The van der Waals surface area contributed by atoms with Gasteiger partial charge in [0.2, 0.25) is 5.88 Å². The predicted molar refractivity (Wildman–Crippen MR) is 138 cm³/mol. The summed E-state index contributed by atoms with van der Waals surface area (Å²) in [6.07, 6.45) is -7.71. The number of pyridine rings is 2. The zero-order valence-electron chi connectivity index (χ0n) is 24.1. The van der Waals surface area contributed by atoms with E-state index in [0.29, 0.717) is 19.1 Å². The fourth-order valence-electron chi connectivity index (χ4n) is 3.92. The summed E-state index contributed by atoms with van der Waals surface area (Å²) in [5.41, 5.74) is 2.15. The zero-order valence-corrected chi connectivity index (χ0v) is 24.1. The second-order valence-corrected chi connectivity index (χ2v) is 9.53. The summed E-state index contributed by atoms with van der Waals surface area (Å²) in [6, 6.07) is 8.01. The van der Waals surface area contributed by atoms with Crippen LogP contribution in [0.2, 0.25) is 0 Å². The molecule has 2 aliphatic rings. The zero-order chi connectivity index (χ0) is 36.1. The van der Waals surface area contributed by atoms with Gasteiger partial charge in [-0.05, 0) is 24.1 Å². The van der Waals surface area contributed by atoms with Crippen LogP contribution < -0.4 is 4.74 Å². The molecule has 0 aliphatic carbocycles. The van der Waals surface area contributed by atoms with Gasteiger partial charge in [-0.2, -0.15) is 39.5 Å². The molecule has 47 heavy (non-hydrogen) atoms. The fourth-order valence-corrected chi connectivity index (χ4v) is 3.92. The first-order valence-corrected chi connectivity index (χ1v) is 12.8. The number of halogens is 9. The molecule has 2 aromatic heterocycles. The van der Waals surface area contributed by atoms with Crippen LogP contribution >= 0.6 is 0 Å². The Kier molecular flexibility index (Phi) is 15.3. The van der Waals surface area contributed by atoms with Crippen LogP contribution in [-0.2, 0) is 37.0 Å². The van der Waals surface area contributed by atoms with Crippen molar-refractivity contribution in [1.82, 2.24) is 14.9 Å². The van der Waals surface area contributed by atoms with Gasteiger partial charge in [-0.1, -0.05) is 12.1 Å². The van der Waals surface area contributed by atoms with E-state index in [4.69, 9.17) is 43.9 Å². The quantitative estimate of drug-likeness (QED) is 0.366. The summed E-state index contributed by atoms with van der Waals surface area (Å²) in [5, 5.41) is 21.4. The molecule has 21 heteroatoms. The van der Waals surface area contributed by atoms with Gasteiger partial charge in [-0.15, -0.1) is 0 Å². The number of alkyl halides is 9. The molecule has 0 aromatic carbocycles. The SMILES string of the molecule is COc1ncccc1CN1CC[C@]2(C[C@@H](OCc3cccnc3)CO2)C1.O=C(O)C(F)(F)F.O=C(O)C(F)(F)F.O=C(O)C(F)(F)F. The third-order valence-electron chi connectivity index (χ3n) is 5.94. The molecular weight excluding hydrogens is 669 g/mol. The predicted octanol–water partition coefficient (Wildman–Crippen LogP) is 4.34. The Morgan fingerprint density at radius 1 is 0.936 bits per heavy atom. The lowest BCUT2D eigenvalue weighted by atomic mass is 9.98. The van der Waals surface area contributed by atoms with E-state index in [9.17, 15) is 39.5 Å². The smallest absolute Gasteiger partial charge is 0.481 e. The number of rotatable bonds is 6. The monoisotopic (exact) mass is 697 g/mol. The maximum absolute atomic E-state index is 10.6. The molecule has 0 radical (unpaired) electrons. The van der Waals surface area contributed by atoms with Crippen LogP contribution in [0.4, 0.5) is 39.5 Å². The average Bonchev–Trinajstić information content (AvgIpc) is 3.57. The van der Waals surface area contributed by atoms with Crippen molar-refractivity contribution in [1.29, 1.82) is 0 Å². The lowest BCUT2D eigenvalue weighted by molar-refractivity contribution is -0.193. The van der Waals surface area contributed by atoms with E-state index in [0.717, 1.165) is 43.6 Å². The van der Waals surface area contributed by atoms with Crippen LogP contribution in [0.1, 0.15) is 24.0 Å². The van der Waals surface area contributed by atoms with Crippen LogP contribution in [0.25, 0.3) is 0 Å². The number of hydrogen-bond acceptors (Lipinski definition) is 9. The second-order valence-electron chi connectivity index (χ2n) is 9.53. The standard InChI is InChI=1S/C20H25N3O3.3C2HF3O2/c1-24-19-17(5-3-8-22-19)12-23-9-6-20(15-23)10-18(14-26-20)25-13-16-4-2-7-21-11-16;3*3-2(4,5)1(6)7/h2-5,7-8,11,18H,6,9-10,12-15H2,1H3;3*(H,6,7)/t18-,20+;;;/m1.../s1. The Morgan fingerprint density at radius 3 is 1.94 bits per heavy atom. The lowest BCUT2D eigenvalue weighted by Crippen LogP contribution is -2.33. The van der Waals surface area contributed by atoms with E-state index < -0.39 is 36.4 Å². The number of likely N-dealkylation sites (tertiary alicyclic amines) is 1. The lowest BCUT2D eigenvalue weighted by Gasteiger charge is -2.23. The summed E-state index contributed by atoms with van der Waals surface area (Å²) >= 11 is 0. The number of hydrogen-bond donors (Lipinski definition) is 3. The Balaban J connectivity index is 0.000000430. The van der Waals surface area contributed by atoms with E-state index in [-0.39, 0.29) is 11.7 Å². The van der Waals surface area contributed by atoms with Crippen LogP contribution in [0.15, 0.2) is 42.9 Å². The molecule has 1 spiro atoms. The van der Waals surface area contributed by atoms with E-state index >= 15 is 0 Å². The highest BCUT2D eigenvalue weighted by atomic mass is 19.4. The second kappa shape index (κ2) is 17.6. The molecule has 12 nitrogen and oxygen atoms in total. The Bertz CT molecular complexity index is 1240. The third-order valence-corrected chi connectivity index (χ3v) is 5.94. The highest BCUT2D eigenvalue weighted by Gasteiger charge is 2.46. The van der Waals surface area contributed by atoms with Gasteiger partial charge >= 0.3 is 36.4 Å². The van der Waals surface area contributed by atoms with Crippen molar-refractivity contribution in [3.63, 3.8) is 0 Å². The van der Waals surface area contributed by atoms with Gasteiger partial charge in [0.1, 0.15) is 0 Å². The van der Waals surface area contributed by atoms with E-state index in [1.807, 2.05) is 24.4 Å². The highest BCUT2D eigenvalue weighted by Crippen LogP contribution is 2.37. The first kappa shape index (κ1) is 40.8. The molecule has 2 atom stereocenters.